The molecule has 1 aliphatic heterocycles. The van der Waals surface area contributed by atoms with Gasteiger partial charge < -0.3 is 20.4 Å². The number of fused-ring (bicyclic) bond motifs is 1. The van der Waals surface area contributed by atoms with E-state index in [4.69, 9.17) is 10.2 Å². The fourth-order valence-electron chi connectivity index (χ4n) is 4.49. The van der Waals surface area contributed by atoms with Gasteiger partial charge in [0.05, 0.1) is 10.9 Å². The van der Waals surface area contributed by atoms with Crippen molar-refractivity contribution in [2.24, 2.45) is 5.73 Å². The van der Waals surface area contributed by atoms with Gasteiger partial charge >= 0.3 is 0 Å². The van der Waals surface area contributed by atoms with Crippen molar-refractivity contribution in [2.45, 2.75) is 51.0 Å². The molecule has 1 aromatic carbocycles. The number of piperidine rings is 1. The van der Waals surface area contributed by atoms with E-state index in [1.165, 1.54) is 11.9 Å². The molecule has 8 nitrogen and oxygen atoms in total. The van der Waals surface area contributed by atoms with Crippen LogP contribution in [0, 0.1) is 6.92 Å². The van der Waals surface area contributed by atoms with Crippen LogP contribution in [0.4, 0.5) is 5.82 Å². The zero-order valence-corrected chi connectivity index (χ0v) is 18.4. The molecule has 2 aromatic heterocycles. The quantitative estimate of drug-likeness (QED) is 0.635. The van der Waals surface area contributed by atoms with Crippen LogP contribution in [0.15, 0.2) is 35.0 Å². The topological polar surface area (TPSA) is 114 Å². The van der Waals surface area contributed by atoms with Gasteiger partial charge in [-0.1, -0.05) is 12.1 Å². The van der Waals surface area contributed by atoms with Crippen LogP contribution in [0.5, 0.6) is 0 Å². The van der Waals surface area contributed by atoms with Crippen molar-refractivity contribution in [1.82, 2.24) is 14.9 Å². The largest absolute Gasteiger partial charge is 0.442 e. The second-order valence-electron chi connectivity index (χ2n) is 9.17. The average molecular weight is 434 g/mol. The molecule has 3 N–H and O–H groups in total. The number of furan rings is 1. The van der Waals surface area contributed by atoms with Gasteiger partial charge in [0.15, 0.2) is 0 Å². The number of rotatable bonds is 5. The summed E-state index contributed by atoms with van der Waals surface area (Å²) in [6, 6.07) is 7.46. The lowest BCUT2D eigenvalue weighted by molar-refractivity contribution is 0.0712. The predicted octanol–water partition coefficient (Wildman–Crippen LogP) is 3.61. The first-order valence-electron chi connectivity index (χ1n) is 11.1. The number of nitrogens with one attached hydrogen (secondary N) is 1. The number of likely N-dealkylation sites (tertiary alicyclic amines) is 1. The number of carbonyl (C=O) groups is 2. The van der Waals surface area contributed by atoms with E-state index < -0.39 is 5.91 Å². The Labute approximate surface area is 186 Å². The number of carbonyl (C=O) groups excluding carboxylic acids is 2. The molecule has 0 spiro atoms. The van der Waals surface area contributed by atoms with Gasteiger partial charge in [0.25, 0.3) is 5.91 Å². The summed E-state index contributed by atoms with van der Waals surface area (Å²) >= 11 is 0. The van der Waals surface area contributed by atoms with Gasteiger partial charge in [-0.05, 0) is 63.1 Å². The highest BCUT2D eigenvalue weighted by molar-refractivity contribution is 6.10. The normalized spacial score (nSPS) is 18.0. The Hall–Kier alpha value is -3.42. The predicted molar refractivity (Wildman–Crippen MR) is 121 cm³/mol. The number of anilines is 1. The van der Waals surface area contributed by atoms with Crippen LogP contribution in [0.25, 0.3) is 11.1 Å². The van der Waals surface area contributed by atoms with Crippen molar-refractivity contribution in [3.8, 4) is 0 Å². The molecule has 3 aromatic rings. The smallest absolute Gasteiger partial charge is 0.258 e. The van der Waals surface area contributed by atoms with Crippen LogP contribution in [-0.2, 0) is 0 Å². The summed E-state index contributed by atoms with van der Waals surface area (Å²) in [5, 5.41) is 4.15. The van der Waals surface area contributed by atoms with Crippen LogP contribution >= 0.6 is 0 Å². The van der Waals surface area contributed by atoms with E-state index >= 15 is 0 Å². The second-order valence-corrected chi connectivity index (χ2v) is 9.17. The summed E-state index contributed by atoms with van der Waals surface area (Å²) in [6.07, 6.45) is 5.34. The van der Waals surface area contributed by atoms with Crippen molar-refractivity contribution >= 4 is 28.7 Å². The first kappa shape index (κ1) is 20.5. The first-order valence-corrected chi connectivity index (χ1v) is 11.1. The number of nitrogens with two attached hydrogens (primary N) is 1. The van der Waals surface area contributed by atoms with Gasteiger partial charge in [0.1, 0.15) is 17.9 Å². The Bertz CT molecular complexity index is 1190. The molecule has 1 saturated carbocycles. The van der Waals surface area contributed by atoms with Crippen molar-refractivity contribution in [1.29, 1.82) is 0 Å². The molecule has 5 rings (SSSR count). The molecule has 2 aliphatic rings. The van der Waals surface area contributed by atoms with Crippen molar-refractivity contribution in [3.05, 3.63) is 53.0 Å². The number of primary amides is 1. The summed E-state index contributed by atoms with van der Waals surface area (Å²) < 4.78 is 5.83. The molecule has 2 amide bonds. The number of hydrogen-bond donors (Lipinski definition) is 2. The van der Waals surface area contributed by atoms with E-state index in [2.05, 4.69) is 22.2 Å². The average Bonchev–Trinajstić information content (AvgIpc) is 3.41. The van der Waals surface area contributed by atoms with E-state index in [1.54, 1.807) is 12.1 Å². The third kappa shape index (κ3) is 3.70. The maximum atomic E-state index is 13.5. The summed E-state index contributed by atoms with van der Waals surface area (Å²) in [4.78, 5) is 35.4. The number of aromatic nitrogens is 2. The number of hydrogen-bond acceptors (Lipinski definition) is 6. The third-order valence-electron chi connectivity index (χ3n) is 6.75. The van der Waals surface area contributed by atoms with E-state index in [9.17, 15) is 9.59 Å². The number of amides is 2. The number of nitrogens with zero attached hydrogens (tertiary/aromatic N) is 3. The molecule has 0 bridgehead atoms. The fourth-order valence-corrected chi connectivity index (χ4v) is 4.49. The summed E-state index contributed by atoms with van der Waals surface area (Å²) in [5.74, 6) is 1.12. The minimum atomic E-state index is -0.423. The first-order chi connectivity index (χ1) is 15.3. The van der Waals surface area contributed by atoms with Gasteiger partial charge in [0.2, 0.25) is 11.6 Å². The molecule has 32 heavy (non-hydrogen) atoms. The van der Waals surface area contributed by atoms with Crippen LogP contribution in [0.2, 0.25) is 0 Å². The third-order valence-corrected chi connectivity index (χ3v) is 6.75. The van der Waals surface area contributed by atoms with E-state index in [-0.39, 0.29) is 11.4 Å². The van der Waals surface area contributed by atoms with Gasteiger partial charge in [-0.25, -0.2) is 9.97 Å². The second kappa shape index (κ2) is 7.62. The molecule has 1 saturated heterocycles. The zero-order valence-electron chi connectivity index (χ0n) is 18.4. The maximum Gasteiger partial charge on any atom is 0.258 e. The molecule has 0 radical (unpaired) electrons. The molecule has 8 heteroatoms. The monoisotopic (exact) mass is 433 g/mol. The summed E-state index contributed by atoms with van der Waals surface area (Å²) in [6.45, 7) is 5.27. The van der Waals surface area contributed by atoms with Crippen LogP contribution < -0.4 is 11.1 Å². The van der Waals surface area contributed by atoms with Crippen LogP contribution in [0.1, 0.15) is 70.6 Å². The SMILES string of the molecule is Cc1oc2ncnc(NC3(C)CC3)c2c1C(=O)N1CCC(c2ccc(C(N)=O)cc2)CC1. The highest BCUT2D eigenvalue weighted by Crippen LogP contribution is 2.40. The van der Waals surface area contributed by atoms with E-state index in [1.807, 2.05) is 24.0 Å². The molecule has 2 fully saturated rings. The highest BCUT2D eigenvalue weighted by Gasteiger charge is 2.39. The van der Waals surface area contributed by atoms with E-state index in [0.717, 1.165) is 25.7 Å². The maximum absolute atomic E-state index is 13.5. The molecule has 1 aliphatic carbocycles. The summed E-state index contributed by atoms with van der Waals surface area (Å²) in [5.41, 5.74) is 8.03. The molecule has 3 heterocycles. The van der Waals surface area contributed by atoms with Crippen molar-refractivity contribution in [3.63, 3.8) is 0 Å². The molecular weight excluding hydrogens is 406 g/mol. The van der Waals surface area contributed by atoms with E-state index in [0.29, 0.717) is 52.8 Å². The van der Waals surface area contributed by atoms with Gasteiger partial charge in [-0.15, -0.1) is 0 Å². The minimum Gasteiger partial charge on any atom is -0.442 e. The highest BCUT2D eigenvalue weighted by atomic mass is 16.3. The van der Waals surface area contributed by atoms with Gasteiger partial charge in [-0.3, -0.25) is 9.59 Å². The standard InChI is InChI=1S/C24H27N5O3/c1-14-18(19-21(28-24(2)9-10-24)26-13-27-22(19)32-14)23(31)29-11-7-16(8-12-29)15-3-5-17(6-4-15)20(25)30/h3-6,13,16H,7-12H2,1-2H3,(H2,25,30)(H,26,27,28). The fraction of sp³-hybridized carbons (Fsp3) is 0.417. The summed E-state index contributed by atoms with van der Waals surface area (Å²) in [7, 11) is 0. The Kier molecular flexibility index (Phi) is 4.87. The number of benzene rings is 1. The Balaban J connectivity index is 1.35. The number of aryl methyl sites for hydroxylation is 1. The van der Waals surface area contributed by atoms with Crippen molar-refractivity contribution < 1.29 is 14.0 Å². The lowest BCUT2D eigenvalue weighted by Crippen LogP contribution is -2.38. The van der Waals surface area contributed by atoms with Crippen molar-refractivity contribution in [2.75, 3.05) is 18.4 Å². The molecule has 0 unspecified atom stereocenters. The van der Waals surface area contributed by atoms with Crippen LogP contribution in [-0.4, -0.2) is 45.3 Å². The Morgan fingerprint density at radius 3 is 2.47 bits per heavy atom. The molecule has 0 atom stereocenters. The lowest BCUT2D eigenvalue weighted by Gasteiger charge is -2.32. The Morgan fingerprint density at radius 2 is 1.84 bits per heavy atom. The molecule has 166 valence electrons. The minimum absolute atomic E-state index is 0.0230. The van der Waals surface area contributed by atoms with Gasteiger partial charge in [-0.2, -0.15) is 0 Å². The lowest BCUT2D eigenvalue weighted by atomic mass is 9.88. The van der Waals surface area contributed by atoms with Gasteiger partial charge in [0, 0.05) is 24.2 Å². The zero-order chi connectivity index (χ0) is 22.5. The van der Waals surface area contributed by atoms with Crippen LogP contribution in [0.3, 0.4) is 0 Å². The Morgan fingerprint density at radius 1 is 1.16 bits per heavy atom. The molecular formula is C24H27N5O3.